The summed E-state index contributed by atoms with van der Waals surface area (Å²) in [5, 5.41) is 9.98. The smallest absolute Gasteiger partial charge is 0.254 e. The van der Waals surface area contributed by atoms with Crippen molar-refractivity contribution < 1.29 is 9.53 Å². The van der Waals surface area contributed by atoms with E-state index in [2.05, 4.69) is 15.5 Å². The molecule has 1 rings (SSSR count). The molecule has 0 spiro atoms. The summed E-state index contributed by atoms with van der Waals surface area (Å²) >= 11 is 11.4. The second-order valence-corrected chi connectivity index (χ2v) is 4.39. The molecule has 1 aromatic rings. The Balaban J connectivity index is 2.61. The van der Waals surface area contributed by atoms with Gasteiger partial charge in [0, 0.05) is 13.7 Å². The van der Waals surface area contributed by atoms with Crippen LogP contribution in [0.5, 0.6) is 0 Å². The maximum absolute atomic E-state index is 11.8. The molecule has 5 nitrogen and oxygen atoms in total. The Morgan fingerprint density at radius 1 is 1.53 bits per heavy atom. The number of nitrogens with one attached hydrogen (secondary N) is 1. The van der Waals surface area contributed by atoms with Crippen molar-refractivity contribution in [3.63, 3.8) is 0 Å². The van der Waals surface area contributed by atoms with E-state index in [0.717, 1.165) is 0 Å². The van der Waals surface area contributed by atoms with Crippen LogP contribution in [0.4, 0.5) is 0 Å². The Bertz CT molecular complexity index is 401. The van der Waals surface area contributed by atoms with E-state index >= 15 is 0 Å². The van der Waals surface area contributed by atoms with E-state index in [-0.39, 0.29) is 27.7 Å². The van der Waals surface area contributed by atoms with Crippen LogP contribution in [-0.4, -0.2) is 36.4 Å². The quantitative estimate of drug-likeness (QED) is 0.892. The van der Waals surface area contributed by atoms with Crippen LogP contribution >= 0.6 is 23.2 Å². The fourth-order valence-electron chi connectivity index (χ4n) is 1.22. The number of methoxy groups -OCH3 is 1. The molecule has 0 fully saturated rings. The minimum absolute atomic E-state index is 0.0336. The van der Waals surface area contributed by atoms with Crippen molar-refractivity contribution in [1.29, 1.82) is 0 Å². The minimum atomic E-state index is -0.324. The predicted octanol–water partition coefficient (Wildman–Crippen LogP) is 1.80. The molecule has 1 amide bonds. The van der Waals surface area contributed by atoms with Gasteiger partial charge in [0.05, 0.1) is 12.2 Å². The molecule has 0 aliphatic carbocycles. The Hall–Kier alpha value is -0.910. The predicted molar refractivity (Wildman–Crippen MR) is 65.4 cm³/mol. The molecule has 7 heteroatoms. The number of carbonyl (C=O) groups excluding carboxylic acids is 1. The Morgan fingerprint density at radius 3 is 2.88 bits per heavy atom. The van der Waals surface area contributed by atoms with Gasteiger partial charge in [-0.15, -0.1) is 10.2 Å². The van der Waals surface area contributed by atoms with E-state index in [0.29, 0.717) is 13.2 Å². The van der Waals surface area contributed by atoms with Gasteiger partial charge < -0.3 is 10.1 Å². The molecule has 0 aromatic carbocycles. The fourth-order valence-corrected chi connectivity index (χ4v) is 1.54. The van der Waals surface area contributed by atoms with Gasteiger partial charge in [-0.25, -0.2) is 0 Å². The topological polar surface area (TPSA) is 64.1 Å². The summed E-state index contributed by atoms with van der Waals surface area (Å²) in [6, 6.07) is 1.38. The molecule has 17 heavy (non-hydrogen) atoms. The Morgan fingerprint density at radius 2 is 2.24 bits per heavy atom. The fraction of sp³-hybridized carbons (Fsp3) is 0.500. The van der Waals surface area contributed by atoms with Gasteiger partial charge in [0.2, 0.25) is 0 Å². The van der Waals surface area contributed by atoms with Crippen molar-refractivity contribution in [1.82, 2.24) is 15.5 Å². The molecule has 0 aliphatic rings. The van der Waals surface area contributed by atoms with E-state index < -0.39 is 0 Å². The lowest BCUT2D eigenvalue weighted by molar-refractivity contribution is 0.0933. The molecule has 0 aliphatic heterocycles. The molecule has 0 radical (unpaired) electrons. The third-order valence-electron chi connectivity index (χ3n) is 2.03. The van der Waals surface area contributed by atoms with E-state index in [9.17, 15) is 4.79 Å². The second kappa shape index (κ2) is 6.74. The number of rotatable bonds is 5. The van der Waals surface area contributed by atoms with E-state index in [1.165, 1.54) is 6.07 Å². The molecule has 0 bridgehead atoms. The third-order valence-corrected chi connectivity index (χ3v) is 2.49. The maximum Gasteiger partial charge on any atom is 0.254 e. The molecular formula is C10H13Cl2N3O2. The number of nitrogens with zero attached hydrogens (tertiary/aromatic N) is 2. The third kappa shape index (κ3) is 4.46. The first-order valence-corrected chi connectivity index (χ1v) is 5.76. The molecule has 1 unspecified atom stereocenters. The van der Waals surface area contributed by atoms with Crippen LogP contribution in [0, 0.1) is 5.92 Å². The van der Waals surface area contributed by atoms with Crippen LogP contribution in [0.2, 0.25) is 10.3 Å². The SMILES string of the molecule is COCC(C)CNC(=O)c1cc(Cl)nnc1Cl. The maximum atomic E-state index is 11.8. The number of carbonyl (C=O) groups is 1. The van der Waals surface area contributed by atoms with Crippen LogP contribution in [0.1, 0.15) is 17.3 Å². The van der Waals surface area contributed by atoms with Crippen molar-refractivity contribution in [3.05, 3.63) is 21.9 Å². The van der Waals surface area contributed by atoms with E-state index in [1.807, 2.05) is 6.92 Å². The van der Waals surface area contributed by atoms with E-state index in [1.54, 1.807) is 7.11 Å². The lowest BCUT2D eigenvalue weighted by atomic mass is 10.2. The second-order valence-electron chi connectivity index (χ2n) is 3.64. The first-order valence-electron chi connectivity index (χ1n) is 5.00. The van der Waals surface area contributed by atoms with Crippen molar-refractivity contribution in [2.45, 2.75) is 6.92 Å². The van der Waals surface area contributed by atoms with E-state index in [4.69, 9.17) is 27.9 Å². The largest absolute Gasteiger partial charge is 0.384 e. The van der Waals surface area contributed by atoms with Gasteiger partial charge >= 0.3 is 0 Å². The molecule has 0 saturated carbocycles. The van der Waals surface area contributed by atoms with Gasteiger partial charge in [-0.3, -0.25) is 4.79 Å². The summed E-state index contributed by atoms with van der Waals surface area (Å²) in [5.41, 5.74) is 0.219. The molecular weight excluding hydrogens is 265 g/mol. The molecule has 1 atom stereocenters. The first kappa shape index (κ1) is 14.2. The number of amides is 1. The number of hydrogen-bond acceptors (Lipinski definition) is 4. The average molecular weight is 278 g/mol. The van der Waals surface area contributed by atoms with Crippen LogP contribution in [0.15, 0.2) is 6.07 Å². The highest BCUT2D eigenvalue weighted by atomic mass is 35.5. The highest BCUT2D eigenvalue weighted by Gasteiger charge is 2.13. The van der Waals surface area contributed by atoms with Gasteiger partial charge in [-0.1, -0.05) is 30.1 Å². The standard InChI is InChI=1S/C10H13Cl2N3O2/c1-6(5-17-2)4-13-10(16)7-3-8(11)14-15-9(7)12/h3,6H,4-5H2,1-2H3,(H,13,16). The molecule has 0 saturated heterocycles. The van der Waals surface area contributed by atoms with Crippen LogP contribution in [-0.2, 0) is 4.74 Å². The van der Waals surface area contributed by atoms with Crippen LogP contribution in [0.25, 0.3) is 0 Å². The van der Waals surface area contributed by atoms with Crippen LogP contribution in [0.3, 0.4) is 0 Å². The lowest BCUT2D eigenvalue weighted by Gasteiger charge is -2.11. The summed E-state index contributed by atoms with van der Waals surface area (Å²) in [6.07, 6.45) is 0. The summed E-state index contributed by atoms with van der Waals surface area (Å²) in [6.45, 7) is 3.02. The Labute approximate surface area is 109 Å². The normalized spacial score (nSPS) is 12.2. The summed E-state index contributed by atoms with van der Waals surface area (Å²) in [4.78, 5) is 11.8. The molecule has 1 aromatic heterocycles. The minimum Gasteiger partial charge on any atom is -0.384 e. The average Bonchev–Trinajstić information content (AvgIpc) is 2.29. The molecule has 94 valence electrons. The van der Waals surface area contributed by atoms with Gasteiger partial charge in [0.1, 0.15) is 0 Å². The van der Waals surface area contributed by atoms with Crippen molar-refractivity contribution >= 4 is 29.1 Å². The Kier molecular flexibility index (Phi) is 5.61. The number of halogens is 2. The summed E-state index contributed by atoms with van der Waals surface area (Å²) in [5.74, 6) is -0.109. The molecule has 1 heterocycles. The number of ether oxygens (including phenoxy) is 1. The highest BCUT2D eigenvalue weighted by molar-refractivity contribution is 6.34. The zero-order chi connectivity index (χ0) is 12.8. The summed E-state index contributed by atoms with van der Waals surface area (Å²) in [7, 11) is 1.61. The van der Waals surface area contributed by atoms with Crippen molar-refractivity contribution in [3.8, 4) is 0 Å². The van der Waals surface area contributed by atoms with Gasteiger partial charge in [-0.05, 0) is 12.0 Å². The van der Waals surface area contributed by atoms with Crippen LogP contribution < -0.4 is 5.32 Å². The zero-order valence-corrected chi connectivity index (χ0v) is 11.0. The van der Waals surface area contributed by atoms with Gasteiger partial charge in [0.25, 0.3) is 5.91 Å². The van der Waals surface area contributed by atoms with Gasteiger partial charge in [-0.2, -0.15) is 0 Å². The van der Waals surface area contributed by atoms with Crippen molar-refractivity contribution in [2.24, 2.45) is 5.92 Å². The monoisotopic (exact) mass is 277 g/mol. The number of aromatic nitrogens is 2. The lowest BCUT2D eigenvalue weighted by Crippen LogP contribution is -2.30. The summed E-state index contributed by atoms with van der Waals surface area (Å²) < 4.78 is 4.96. The highest BCUT2D eigenvalue weighted by Crippen LogP contribution is 2.15. The first-order chi connectivity index (χ1) is 8.04. The zero-order valence-electron chi connectivity index (χ0n) is 9.54. The number of hydrogen-bond donors (Lipinski definition) is 1. The van der Waals surface area contributed by atoms with Gasteiger partial charge in [0.15, 0.2) is 10.3 Å². The molecule has 1 N–H and O–H groups in total. The van der Waals surface area contributed by atoms with Crippen molar-refractivity contribution in [2.75, 3.05) is 20.3 Å².